The Morgan fingerprint density at radius 1 is 0.911 bits per heavy atom. The number of piperazine rings is 1. The smallest absolute Gasteiger partial charge is 0.350 e. The van der Waals surface area contributed by atoms with Gasteiger partial charge in [0.1, 0.15) is 36.2 Å². The first-order valence-electron chi connectivity index (χ1n) is 14.8. The van der Waals surface area contributed by atoms with Crippen molar-refractivity contribution in [3.8, 4) is 5.69 Å². The summed E-state index contributed by atoms with van der Waals surface area (Å²) in [7, 11) is 0. The van der Waals surface area contributed by atoms with Gasteiger partial charge < -0.3 is 14.5 Å². The molecule has 0 radical (unpaired) electrons. The Labute approximate surface area is 263 Å². The molecule has 13 heteroatoms. The van der Waals surface area contributed by atoms with Crippen molar-refractivity contribution < 1.29 is 13.5 Å². The highest BCUT2D eigenvalue weighted by Gasteiger charge is 2.44. The predicted molar refractivity (Wildman–Crippen MR) is 166 cm³/mol. The molecule has 2 aliphatic rings. The van der Waals surface area contributed by atoms with Gasteiger partial charge in [-0.1, -0.05) is 35.9 Å². The zero-order chi connectivity index (χ0) is 31.0. The minimum Gasteiger partial charge on any atom is -0.368 e. The number of aromatic nitrogens is 6. The van der Waals surface area contributed by atoms with E-state index in [4.69, 9.17) is 16.3 Å². The molecule has 2 atom stereocenters. The molecule has 45 heavy (non-hydrogen) atoms. The van der Waals surface area contributed by atoms with E-state index in [1.54, 1.807) is 4.68 Å². The maximum atomic E-state index is 15.0. The normalized spacial score (nSPS) is 20.2. The van der Waals surface area contributed by atoms with Gasteiger partial charge in [-0.3, -0.25) is 0 Å². The number of hydrogen-bond acceptors (Lipinski definition) is 7. The second-order valence-corrected chi connectivity index (χ2v) is 11.9. The summed E-state index contributed by atoms with van der Waals surface area (Å²) in [6.07, 6.45) is 4.73. The van der Waals surface area contributed by atoms with Crippen LogP contribution in [0.25, 0.3) is 5.69 Å². The molecule has 10 nitrogen and oxygen atoms in total. The Hall–Kier alpha value is -4.55. The summed E-state index contributed by atoms with van der Waals surface area (Å²) in [6, 6.07) is 19.5. The van der Waals surface area contributed by atoms with Gasteiger partial charge in [-0.15, -0.1) is 0 Å². The van der Waals surface area contributed by atoms with Crippen molar-refractivity contribution in [1.82, 2.24) is 29.1 Å². The summed E-state index contributed by atoms with van der Waals surface area (Å²) >= 11 is 6.73. The third-order valence-corrected chi connectivity index (χ3v) is 8.94. The molecule has 3 aromatic carbocycles. The van der Waals surface area contributed by atoms with E-state index in [0.717, 1.165) is 37.9 Å². The molecule has 232 valence electrons. The Morgan fingerprint density at radius 2 is 1.69 bits per heavy atom. The van der Waals surface area contributed by atoms with Gasteiger partial charge in [0.2, 0.25) is 0 Å². The topological polar surface area (TPSA) is 86.2 Å². The van der Waals surface area contributed by atoms with E-state index in [1.807, 2.05) is 24.3 Å². The highest BCUT2D eigenvalue weighted by atomic mass is 35.5. The maximum absolute atomic E-state index is 15.0. The number of para-hydroxylation sites is 1. The zero-order valence-electron chi connectivity index (χ0n) is 24.3. The molecule has 0 unspecified atom stereocenters. The summed E-state index contributed by atoms with van der Waals surface area (Å²) in [5, 5.41) is 8.96. The van der Waals surface area contributed by atoms with Crippen molar-refractivity contribution in [2.45, 2.75) is 25.1 Å². The minimum atomic E-state index is -1.12. The zero-order valence-corrected chi connectivity index (χ0v) is 25.1. The fraction of sp³-hybridized carbons (Fsp3) is 0.312. The summed E-state index contributed by atoms with van der Waals surface area (Å²) in [5.74, 6) is -1.55. The number of nitrogens with zero attached hydrogens (tertiary/aromatic N) is 8. The average molecular weight is 633 g/mol. The van der Waals surface area contributed by atoms with Crippen LogP contribution in [0.3, 0.4) is 0 Å². The van der Waals surface area contributed by atoms with Crippen LogP contribution in [0.15, 0.2) is 90.5 Å². The molecule has 0 aliphatic carbocycles. The van der Waals surface area contributed by atoms with Crippen LogP contribution in [0.4, 0.5) is 20.2 Å². The van der Waals surface area contributed by atoms with Crippen molar-refractivity contribution in [2.75, 3.05) is 42.6 Å². The molecular formula is C32H31ClF2N8O2. The van der Waals surface area contributed by atoms with Gasteiger partial charge in [-0.25, -0.2) is 32.5 Å². The molecular weight excluding hydrogens is 602 g/mol. The molecule has 0 N–H and O–H groups in total. The van der Waals surface area contributed by atoms with Crippen LogP contribution in [0.2, 0.25) is 5.02 Å². The lowest BCUT2D eigenvalue weighted by Crippen LogP contribution is -2.46. The number of rotatable bonds is 8. The van der Waals surface area contributed by atoms with E-state index in [-0.39, 0.29) is 36.9 Å². The number of anilines is 2. The van der Waals surface area contributed by atoms with Crippen molar-refractivity contribution >= 4 is 23.0 Å². The summed E-state index contributed by atoms with van der Waals surface area (Å²) < 4.78 is 39.3. The van der Waals surface area contributed by atoms with Gasteiger partial charge in [0, 0.05) is 55.1 Å². The van der Waals surface area contributed by atoms with Crippen LogP contribution in [0.5, 0.6) is 0 Å². The third kappa shape index (κ3) is 5.83. The Morgan fingerprint density at radius 3 is 2.40 bits per heavy atom. The molecule has 5 aromatic rings. The first kappa shape index (κ1) is 29.2. The molecule has 0 spiro atoms. The van der Waals surface area contributed by atoms with Gasteiger partial charge in [0.05, 0.1) is 30.4 Å². The second-order valence-electron chi connectivity index (χ2n) is 11.5. The average Bonchev–Trinajstić information content (AvgIpc) is 3.80. The van der Waals surface area contributed by atoms with Crippen LogP contribution < -0.4 is 15.5 Å². The summed E-state index contributed by atoms with van der Waals surface area (Å²) in [5.41, 5.74) is 1.52. The van der Waals surface area contributed by atoms with Gasteiger partial charge in [-0.05, 0) is 42.8 Å². The van der Waals surface area contributed by atoms with Crippen molar-refractivity contribution in [3.63, 3.8) is 0 Å². The van der Waals surface area contributed by atoms with Crippen molar-refractivity contribution in [1.29, 1.82) is 0 Å². The highest BCUT2D eigenvalue weighted by molar-refractivity contribution is 6.32. The SMILES string of the molecule is O=c1n(-c2ccc(N3CCN(c4ccccc4)CC3)cc2Cl)cnn1C[C@@H]1CO[C@@](Cn2cncn2)(c2ccc(F)cc2F)C1. The Balaban J connectivity index is 1.06. The molecule has 2 saturated heterocycles. The number of benzene rings is 3. The van der Waals surface area contributed by atoms with Crippen LogP contribution in [-0.4, -0.2) is 61.9 Å². The van der Waals surface area contributed by atoms with E-state index in [1.165, 1.54) is 46.1 Å². The Kier molecular flexibility index (Phi) is 7.84. The summed E-state index contributed by atoms with van der Waals surface area (Å²) in [6.45, 7) is 4.17. The van der Waals surface area contributed by atoms with Crippen molar-refractivity contribution in [3.05, 3.63) is 118 Å². The number of ether oxygens (including phenoxy) is 1. The predicted octanol–water partition coefficient (Wildman–Crippen LogP) is 4.52. The molecule has 0 saturated carbocycles. The molecule has 4 heterocycles. The van der Waals surface area contributed by atoms with E-state index < -0.39 is 17.2 Å². The fourth-order valence-electron chi connectivity index (χ4n) is 6.42. The Bertz CT molecular complexity index is 1840. The quantitative estimate of drug-likeness (QED) is 0.249. The van der Waals surface area contributed by atoms with Crippen LogP contribution in [0, 0.1) is 17.6 Å². The first-order valence-corrected chi connectivity index (χ1v) is 15.2. The molecule has 2 fully saturated rings. The third-order valence-electron chi connectivity index (χ3n) is 8.64. The fourth-order valence-corrected chi connectivity index (χ4v) is 6.68. The molecule has 2 aliphatic heterocycles. The van der Waals surface area contributed by atoms with Crippen LogP contribution in [-0.2, 0) is 23.4 Å². The van der Waals surface area contributed by atoms with Gasteiger partial charge >= 0.3 is 5.69 Å². The minimum absolute atomic E-state index is 0.175. The van der Waals surface area contributed by atoms with Crippen molar-refractivity contribution in [2.24, 2.45) is 5.92 Å². The number of halogens is 3. The van der Waals surface area contributed by atoms with E-state index in [9.17, 15) is 9.18 Å². The van der Waals surface area contributed by atoms with Crippen LogP contribution >= 0.6 is 11.6 Å². The van der Waals surface area contributed by atoms with Gasteiger partial charge in [0.15, 0.2) is 0 Å². The summed E-state index contributed by atoms with van der Waals surface area (Å²) in [4.78, 5) is 22.1. The second kappa shape index (κ2) is 12.1. The number of hydrogen-bond donors (Lipinski definition) is 0. The largest absolute Gasteiger partial charge is 0.368 e. The lowest BCUT2D eigenvalue weighted by molar-refractivity contribution is -0.0205. The van der Waals surface area contributed by atoms with E-state index in [2.05, 4.69) is 49.2 Å². The standard InChI is InChI=1S/C32H31ClF2N8O2/c33-28-15-26(40-12-10-39(11-13-40)25-4-2-1-3-5-25)7-9-30(28)42-22-38-43(31(42)44)17-23-16-32(45-18-23,19-41-21-36-20-37-41)27-8-6-24(34)14-29(27)35/h1-9,14-15,20-23H,10-13,16-19H2/t23-,32+/m1/s1. The lowest BCUT2D eigenvalue weighted by Gasteiger charge is -2.37. The lowest BCUT2D eigenvalue weighted by atomic mass is 9.86. The van der Waals surface area contributed by atoms with E-state index >= 15 is 4.39 Å². The highest BCUT2D eigenvalue weighted by Crippen LogP contribution is 2.42. The van der Waals surface area contributed by atoms with Gasteiger partial charge in [-0.2, -0.15) is 10.2 Å². The maximum Gasteiger partial charge on any atom is 0.350 e. The molecule has 0 amide bonds. The molecule has 7 rings (SSSR count). The monoisotopic (exact) mass is 632 g/mol. The molecule has 0 bridgehead atoms. The molecule has 2 aromatic heterocycles. The first-order chi connectivity index (χ1) is 21.9. The van der Waals surface area contributed by atoms with Gasteiger partial charge in [0.25, 0.3) is 0 Å². The van der Waals surface area contributed by atoms with E-state index in [0.29, 0.717) is 17.1 Å². The van der Waals surface area contributed by atoms with Crippen LogP contribution in [0.1, 0.15) is 12.0 Å².